The van der Waals surface area contributed by atoms with Gasteiger partial charge in [-0.05, 0) is 101 Å². The number of hydrogen-bond acceptors (Lipinski definition) is 3. The summed E-state index contributed by atoms with van der Waals surface area (Å²) < 4.78 is 7.31. The van der Waals surface area contributed by atoms with Crippen molar-refractivity contribution in [2.75, 3.05) is 12.0 Å². The molecule has 5 nitrogen and oxygen atoms in total. The summed E-state index contributed by atoms with van der Waals surface area (Å²) in [6.45, 7) is 14.1. The van der Waals surface area contributed by atoms with Crippen molar-refractivity contribution in [3.05, 3.63) is 98.5 Å². The van der Waals surface area contributed by atoms with E-state index in [1.807, 2.05) is 39.0 Å². The second-order valence-corrected chi connectivity index (χ2v) is 9.40. The zero-order valence-electron chi connectivity index (χ0n) is 21.7. The Labute approximate surface area is 207 Å². The molecule has 0 saturated carbocycles. The van der Waals surface area contributed by atoms with Gasteiger partial charge in [0.25, 0.3) is 5.91 Å². The fourth-order valence-corrected chi connectivity index (χ4v) is 5.16. The zero-order chi connectivity index (χ0) is 25.6. The van der Waals surface area contributed by atoms with Gasteiger partial charge in [0.2, 0.25) is 0 Å². The number of methoxy groups -OCH3 is 1. The van der Waals surface area contributed by atoms with E-state index < -0.39 is 5.97 Å². The van der Waals surface area contributed by atoms with E-state index in [2.05, 4.69) is 55.7 Å². The number of carbonyl (C=O) groups is 2. The third-order valence-electron chi connectivity index (χ3n) is 6.69. The van der Waals surface area contributed by atoms with Gasteiger partial charge >= 0.3 is 5.97 Å². The molecule has 180 valence electrons. The Bertz CT molecular complexity index is 1400. The minimum atomic E-state index is -0.516. The molecule has 3 aromatic rings. The van der Waals surface area contributed by atoms with E-state index in [9.17, 15) is 9.59 Å². The second kappa shape index (κ2) is 9.06. The number of allylic oxidation sites excluding steroid dienone is 1. The Morgan fingerprint density at radius 3 is 2.06 bits per heavy atom. The van der Waals surface area contributed by atoms with Crippen molar-refractivity contribution >= 4 is 23.6 Å². The molecule has 1 aromatic heterocycles. The first kappa shape index (κ1) is 24.3. The summed E-state index contributed by atoms with van der Waals surface area (Å²) in [7, 11) is 1.34. The number of aromatic nitrogens is 1. The van der Waals surface area contributed by atoms with Crippen LogP contribution in [-0.2, 0) is 14.3 Å². The Morgan fingerprint density at radius 2 is 1.49 bits per heavy atom. The van der Waals surface area contributed by atoms with E-state index in [0.717, 1.165) is 39.5 Å². The first-order valence-corrected chi connectivity index (χ1v) is 11.7. The molecule has 1 aliphatic rings. The average molecular weight is 469 g/mol. The number of ether oxygens (including phenoxy) is 1. The summed E-state index contributed by atoms with van der Waals surface area (Å²) in [5.41, 5.74) is 10.5. The molecule has 0 saturated heterocycles. The number of nitrogens with zero attached hydrogens (tertiary/aromatic N) is 2. The van der Waals surface area contributed by atoms with Gasteiger partial charge in [0.1, 0.15) is 0 Å². The standard InChI is InChI=1S/C30H32N2O3/c1-17-12-18(2)14-25(13-17)32-23(7)27(30(34)35-8)26(29(32)33)16-24-15-21(5)31(22(24)6)28-19(3)10-9-11-20(28)4/h9-16H,1-8H3/b26-16-. The summed E-state index contributed by atoms with van der Waals surface area (Å²) in [6.07, 6.45) is 1.83. The molecule has 0 N–H and O–H groups in total. The molecule has 0 bridgehead atoms. The number of para-hydroxylation sites is 1. The predicted octanol–water partition coefficient (Wildman–Crippen LogP) is 6.21. The lowest BCUT2D eigenvalue weighted by molar-refractivity contribution is -0.136. The number of aryl methyl sites for hydroxylation is 5. The van der Waals surface area contributed by atoms with E-state index in [1.54, 1.807) is 11.8 Å². The van der Waals surface area contributed by atoms with Crippen LogP contribution < -0.4 is 4.90 Å². The number of benzene rings is 2. The maximum absolute atomic E-state index is 13.8. The van der Waals surface area contributed by atoms with Crippen molar-refractivity contribution in [3.8, 4) is 5.69 Å². The van der Waals surface area contributed by atoms with Gasteiger partial charge < -0.3 is 9.30 Å². The highest BCUT2D eigenvalue weighted by molar-refractivity contribution is 6.23. The number of rotatable bonds is 4. The summed E-state index contributed by atoms with van der Waals surface area (Å²) >= 11 is 0. The van der Waals surface area contributed by atoms with Crippen LogP contribution in [0.2, 0.25) is 0 Å². The minimum absolute atomic E-state index is 0.232. The highest BCUT2D eigenvalue weighted by Gasteiger charge is 2.38. The molecule has 2 aromatic carbocycles. The van der Waals surface area contributed by atoms with Crippen LogP contribution >= 0.6 is 0 Å². The highest BCUT2D eigenvalue weighted by atomic mass is 16.5. The predicted molar refractivity (Wildman–Crippen MR) is 141 cm³/mol. The van der Waals surface area contributed by atoms with E-state index in [4.69, 9.17) is 4.74 Å². The molecule has 1 amide bonds. The summed E-state index contributed by atoms with van der Waals surface area (Å²) in [5, 5.41) is 0. The van der Waals surface area contributed by atoms with E-state index >= 15 is 0 Å². The van der Waals surface area contributed by atoms with E-state index in [-0.39, 0.29) is 5.91 Å². The molecule has 0 spiro atoms. The molecule has 0 atom stereocenters. The molecule has 0 radical (unpaired) electrons. The molecular formula is C30H32N2O3. The van der Waals surface area contributed by atoms with Crippen molar-refractivity contribution in [1.82, 2.24) is 4.57 Å². The largest absolute Gasteiger partial charge is 0.465 e. The van der Waals surface area contributed by atoms with Gasteiger partial charge in [0.05, 0.1) is 23.9 Å². The highest BCUT2D eigenvalue weighted by Crippen LogP contribution is 2.37. The number of esters is 1. The van der Waals surface area contributed by atoms with Crippen molar-refractivity contribution in [1.29, 1.82) is 0 Å². The van der Waals surface area contributed by atoms with Crippen molar-refractivity contribution in [3.63, 3.8) is 0 Å². The molecule has 4 rings (SSSR count). The number of anilines is 1. The molecule has 2 heterocycles. The first-order valence-electron chi connectivity index (χ1n) is 11.7. The third kappa shape index (κ3) is 4.12. The fraction of sp³-hybridized carbons (Fsp3) is 0.267. The summed E-state index contributed by atoms with van der Waals surface area (Å²) in [6, 6.07) is 14.3. The van der Waals surface area contributed by atoms with Gasteiger partial charge in [0.15, 0.2) is 0 Å². The normalized spacial score (nSPS) is 14.9. The Hall–Kier alpha value is -3.86. The zero-order valence-corrected chi connectivity index (χ0v) is 21.7. The lowest BCUT2D eigenvalue weighted by atomic mass is 10.0. The number of amides is 1. The van der Waals surface area contributed by atoms with Gasteiger partial charge in [-0.1, -0.05) is 24.3 Å². The Kier molecular flexibility index (Phi) is 6.28. The van der Waals surface area contributed by atoms with Gasteiger partial charge in [-0.15, -0.1) is 0 Å². The molecule has 1 aliphatic heterocycles. The number of carbonyl (C=O) groups excluding carboxylic acids is 2. The lowest BCUT2D eigenvalue weighted by Crippen LogP contribution is -2.24. The van der Waals surface area contributed by atoms with Crippen LogP contribution in [0.5, 0.6) is 0 Å². The van der Waals surface area contributed by atoms with Crippen LogP contribution in [0.15, 0.2) is 59.3 Å². The molecule has 0 unspecified atom stereocenters. The smallest absolute Gasteiger partial charge is 0.340 e. The monoisotopic (exact) mass is 468 g/mol. The third-order valence-corrected chi connectivity index (χ3v) is 6.69. The van der Waals surface area contributed by atoms with Gasteiger partial charge in [-0.3, -0.25) is 9.69 Å². The maximum Gasteiger partial charge on any atom is 0.340 e. The maximum atomic E-state index is 13.8. The van der Waals surface area contributed by atoms with Crippen molar-refractivity contribution in [2.24, 2.45) is 0 Å². The second-order valence-electron chi connectivity index (χ2n) is 9.40. The van der Waals surface area contributed by atoms with Crippen LogP contribution in [0.3, 0.4) is 0 Å². The van der Waals surface area contributed by atoms with Gasteiger partial charge in [-0.25, -0.2) is 4.79 Å². The molecule has 0 aliphatic carbocycles. The van der Waals surface area contributed by atoms with Gasteiger partial charge in [0, 0.05) is 22.8 Å². The van der Waals surface area contributed by atoms with E-state index in [0.29, 0.717) is 16.8 Å². The topological polar surface area (TPSA) is 51.5 Å². The average Bonchev–Trinajstić information content (AvgIpc) is 3.19. The molecule has 0 fully saturated rings. The summed E-state index contributed by atoms with van der Waals surface area (Å²) in [4.78, 5) is 28.2. The number of hydrogen-bond donors (Lipinski definition) is 0. The molecule has 5 heteroatoms. The Morgan fingerprint density at radius 1 is 0.886 bits per heavy atom. The van der Waals surface area contributed by atoms with Gasteiger partial charge in [-0.2, -0.15) is 0 Å². The summed E-state index contributed by atoms with van der Waals surface area (Å²) in [5.74, 6) is -0.748. The molecule has 35 heavy (non-hydrogen) atoms. The van der Waals surface area contributed by atoms with Crippen LogP contribution in [0.25, 0.3) is 11.8 Å². The minimum Gasteiger partial charge on any atom is -0.465 e. The van der Waals surface area contributed by atoms with Crippen LogP contribution in [0.1, 0.15) is 46.1 Å². The van der Waals surface area contributed by atoms with E-state index in [1.165, 1.54) is 18.2 Å². The van der Waals surface area contributed by atoms with Crippen molar-refractivity contribution < 1.29 is 14.3 Å². The van der Waals surface area contributed by atoms with Crippen molar-refractivity contribution in [2.45, 2.75) is 48.5 Å². The first-order chi connectivity index (χ1) is 16.5. The van der Waals surface area contributed by atoms with Crippen LogP contribution in [0.4, 0.5) is 5.69 Å². The van der Waals surface area contributed by atoms with Crippen LogP contribution in [-0.4, -0.2) is 23.6 Å². The van der Waals surface area contributed by atoms with Crippen LogP contribution in [0, 0.1) is 41.5 Å². The quantitative estimate of drug-likeness (QED) is 0.338. The SMILES string of the molecule is COC(=O)C1=C(C)N(c2cc(C)cc(C)c2)C(=O)/C1=C\c1cc(C)n(-c2c(C)cccc2C)c1C. The fourth-order valence-electron chi connectivity index (χ4n) is 5.16. The Balaban J connectivity index is 1.89. The lowest BCUT2D eigenvalue weighted by Gasteiger charge is -2.19. The molecular weight excluding hydrogens is 436 g/mol.